The number of hydrogen-bond acceptors (Lipinski definition) is 4. The van der Waals surface area contributed by atoms with Gasteiger partial charge in [0, 0.05) is 24.1 Å². The van der Waals surface area contributed by atoms with E-state index in [0.717, 1.165) is 4.88 Å². The van der Waals surface area contributed by atoms with Crippen LogP contribution < -0.4 is 10.6 Å². The zero-order valence-electron chi connectivity index (χ0n) is 10.8. The van der Waals surface area contributed by atoms with Crippen molar-refractivity contribution in [2.24, 2.45) is 0 Å². The number of nitrogens with one attached hydrogen (secondary N) is 2. The summed E-state index contributed by atoms with van der Waals surface area (Å²) in [6.45, 7) is 1.40. The molecule has 0 aliphatic rings. The van der Waals surface area contributed by atoms with Crippen LogP contribution >= 0.6 is 11.3 Å². The second kappa shape index (κ2) is 6.63. The number of thiophene rings is 1. The second-order valence-electron chi connectivity index (χ2n) is 3.92. The molecule has 102 valence electrons. The van der Waals surface area contributed by atoms with Crippen molar-refractivity contribution in [2.45, 2.75) is 6.92 Å². The molecular formula is C14H13N3O2S. The predicted molar refractivity (Wildman–Crippen MR) is 80.5 cm³/mol. The number of aromatic nitrogens is 1. The van der Waals surface area contributed by atoms with Crippen molar-refractivity contribution in [3.05, 3.63) is 46.8 Å². The van der Waals surface area contributed by atoms with Crippen molar-refractivity contribution in [2.75, 3.05) is 10.6 Å². The molecule has 2 aromatic heterocycles. The normalized spacial score (nSPS) is 10.4. The van der Waals surface area contributed by atoms with Gasteiger partial charge in [0.2, 0.25) is 11.8 Å². The van der Waals surface area contributed by atoms with E-state index in [0.29, 0.717) is 11.5 Å². The average molecular weight is 287 g/mol. The average Bonchev–Trinajstić information content (AvgIpc) is 2.91. The van der Waals surface area contributed by atoms with Crippen LogP contribution in [0, 0.1) is 0 Å². The van der Waals surface area contributed by atoms with E-state index in [2.05, 4.69) is 15.6 Å². The molecule has 0 spiro atoms. The van der Waals surface area contributed by atoms with Crippen molar-refractivity contribution in [3.63, 3.8) is 0 Å². The van der Waals surface area contributed by atoms with E-state index in [1.807, 2.05) is 17.5 Å². The Morgan fingerprint density at radius 1 is 1.25 bits per heavy atom. The van der Waals surface area contributed by atoms with Gasteiger partial charge >= 0.3 is 0 Å². The van der Waals surface area contributed by atoms with E-state index in [1.54, 1.807) is 35.7 Å². The Balaban J connectivity index is 2.06. The number of hydrogen-bond donors (Lipinski definition) is 2. The molecule has 20 heavy (non-hydrogen) atoms. The number of pyridine rings is 1. The van der Waals surface area contributed by atoms with Crippen LogP contribution in [-0.2, 0) is 9.59 Å². The van der Waals surface area contributed by atoms with Crippen molar-refractivity contribution >= 4 is 40.7 Å². The van der Waals surface area contributed by atoms with Gasteiger partial charge in [0.05, 0.1) is 5.69 Å². The van der Waals surface area contributed by atoms with Crippen LogP contribution in [0.3, 0.4) is 0 Å². The van der Waals surface area contributed by atoms with Gasteiger partial charge in [-0.3, -0.25) is 9.59 Å². The highest BCUT2D eigenvalue weighted by molar-refractivity contribution is 7.10. The lowest BCUT2D eigenvalue weighted by atomic mass is 10.3. The fraction of sp³-hybridized carbons (Fsp3) is 0.0714. The Labute approximate surface area is 120 Å². The molecule has 0 radical (unpaired) electrons. The first kappa shape index (κ1) is 14.0. The van der Waals surface area contributed by atoms with Gasteiger partial charge < -0.3 is 10.6 Å². The number of rotatable bonds is 4. The molecule has 0 fully saturated rings. The molecule has 5 nitrogen and oxygen atoms in total. The van der Waals surface area contributed by atoms with Crippen LogP contribution in [0.5, 0.6) is 0 Å². The molecule has 0 unspecified atom stereocenters. The summed E-state index contributed by atoms with van der Waals surface area (Å²) in [5, 5.41) is 7.18. The van der Waals surface area contributed by atoms with Crippen LogP contribution in [0.15, 0.2) is 41.9 Å². The molecule has 0 aromatic carbocycles. The van der Waals surface area contributed by atoms with Gasteiger partial charge in [-0.15, -0.1) is 11.3 Å². The second-order valence-corrected chi connectivity index (χ2v) is 4.90. The summed E-state index contributed by atoms with van der Waals surface area (Å²) >= 11 is 1.54. The standard InChI is InChI=1S/C14H13N3O2S/c1-10(18)16-12-5-2-8-15-14(12)17-13(19)7-6-11-4-3-9-20-11/h2-9H,1H3,(H,16,18)(H,15,17,19). The molecule has 0 atom stereocenters. The molecule has 2 amide bonds. The minimum atomic E-state index is -0.302. The number of nitrogens with zero attached hydrogens (tertiary/aromatic N) is 1. The van der Waals surface area contributed by atoms with E-state index in [1.165, 1.54) is 13.0 Å². The minimum Gasteiger partial charge on any atom is -0.323 e. The molecule has 2 N–H and O–H groups in total. The van der Waals surface area contributed by atoms with E-state index in [-0.39, 0.29) is 11.8 Å². The minimum absolute atomic E-state index is 0.220. The number of amides is 2. The van der Waals surface area contributed by atoms with Crippen LogP contribution in [0.25, 0.3) is 6.08 Å². The number of carbonyl (C=O) groups is 2. The van der Waals surface area contributed by atoms with Crippen molar-refractivity contribution in [3.8, 4) is 0 Å². The van der Waals surface area contributed by atoms with Gasteiger partial charge in [-0.2, -0.15) is 0 Å². The van der Waals surface area contributed by atoms with Gasteiger partial charge in [-0.1, -0.05) is 6.07 Å². The lowest BCUT2D eigenvalue weighted by Crippen LogP contribution is -2.14. The summed E-state index contributed by atoms with van der Waals surface area (Å²) in [6.07, 6.45) is 4.70. The molecule has 0 aliphatic heterocycles. The zero-order valence-corrected chi connectivity index (χ0v) is 11.6. The van der Waals surface area contributed by atoms with Crippen molar-refractivity contribution in [1.29, 1.82) is 0 Å². The van der Waals surface area contributed by atoms with E-state index >= 15 is 0 Å². The first-order valence-electron chi connectivity index (χ1n) is 5.90. The maximum absolute atomic E-state index is 11.8. The summed E-state index contributed by atoms with van der Waals surface area (Å²) in [5.41, 5.74) is 0.470. The summed E-state index contributed by atoms with van der Waals surface area (Å²) < 4.78 is 0. The lowest BCUT2D eigenvalue weighted by Gasteiger charge is -2.08. The van der Waals surface area contributed by atoms with Gasteiger partial charge in [0.15, 0.2) is 5.82 Å². The molecule has 0 saturated heterocycles. The third-order valence-corrected chi connectivity index (χ3v) is 3.14. The summed E-state index contributed by atoms with van der Waals surface area (Å²) in [7, 11) is 0. The maximum Gasteiger partial charge on any atom is 0.249 e. The van der Waals surface area contributed by atoms with Crippen LogP contribution in [-0.4, -0.2) is 16.8 Å². The highest BCUT2D eigenvalue weighted by Crippen LogP contribution is 2.18. The van der Waals surface area contributed by atoms with Gasteiger partial charge in [-0.25, -0.2) is 4.98 Å². The fourth-order valence-corrected chi connectivity index (χ4v) is 2.12. The third kappa shape index (κ3) is 4.03. The Kier molecular flexibility index (Phi) is 4.62. The van der Waals surface area contributed by atoms with Crippen molar-refractivity contribution < 1.29 is 9.59 Å². The van der Waals surface area contributed by atoms with Crippen LogP contribution in [0.1, 0.15) is 11.8 Å². The van der Waals surface area contributed by atoms with E-state index in [4.69, 9.17) is 0 Å². The molecule has 2 aromatic rings. The quantitative estimate of drug-likeness (QED) is 0.849. The molecule has 0 saturated carbocycles. The fourth-order valence-electron chi connectivity index (χ4n) is 1.50. The van der Waals surface area contributed by atoms with Crippen LogP contribution in [0.4, 0.5) is 11.5 Å². The monoisotopic (exact) mass is 287 g/mol. The maximum atomic E-state index is 11.8. The first-order chi connectivity index (χ1) is 9.65. The van der Waals surface area contributed by atoms with Crippen molar-refractivity contribution in [1.82, 2.24) is 4.98 Å². The number of carbonyl (C=O) groups excluding carboxylic acids is 2. The van der Waals surface area contributed by atoms with E-state index in [9.17, 15) is 9.59 Å². The summed E-state index contributed by atoms with van der Waals surface area (Å²) in [5.74, 6) is -0.199. The number of anilines is 2. The molecule has 2 rings (SSSR count). The zero-order chi connectivity index (χ0) is 14.4. The van der Waals surface area contributed by atoms with Gasteiger partial charge in [-0.05, 0) is 29.7 Å². The molecule has 0 aliphatic carbocycles. The molecule has 0 bridgehead atoms. The Bertz CT molecular complexity index is 636. The lowest BCUT2D eigenvalue weighted by molar-refractivity contribution is -0.114. The SMILES string of the molecule is CC(=O)Nc1cccnc1NC(=O)C=Cc1cccs1. The Morgan fingerprint density at radius 3 is 2.80 bits per heavy atom. The summed E-state index contributed by atoms with van der Waals surface area (Å²) in [6, 6.07) is 7.18. The Morgan fingerprint density at radius 2 is 2.10 bits per heavy atom. The highest BCUT2D eigenvalue weighted by atomic mass is 32.1. The topological polar surface area (TPSA) is 71.1 Å². The van der Waals surface area contributed by atoms with Gasteiger partial charge in [0.1, 0.15) is 0 Å². The molecule has 6 heteroatoms. The first-order valence-corrected chi connectivity index (χ1v) is 6.78. The highest BCUT2D eigenvalue weighted by Gasteiger charge is 2.06. The molecule has 2 heterocycles. The van der Waals surface area contributed by atoms with Crippen LogP contribution in [0.2, 0.25) is 0 Å². The third-order valence-electron chi connectivity index (χ3n) is 2.30. The smallest absolute Gasteiger partial charge is 0.249 e. The summed E-state index contributed by atoms with van der Waals surface area (Å²) in [4.78, 5) is 27.9. The van der Waals surface area contributed by atoms with Gasteiger partial charge in [0.25, 0.3) is 0 Å². The largest absolute Gasteiger partial charge is 0.323 e. The van der Waals surface area contributed by atoms with E-state index < -0.39 is 0 Å². The Hall–Kier alpha value is -2.47. The predicted octanol–water partition coefficient (Wildman–Crippen LogP) is 2.75. The molecular weight excluding hydrogens is 274 g/mol.